The molecule has 1 aliphatic rings. The first-order valence-corrected chi connectivity index (χ1v) is 6.47. The van der Waals surface area contributed by atoms with Gasteiger partial charge in [-0.25, -0.2) is 0 Å². The summed E-state index contributed by atoms with van der Waals surface area (Å²) in [6.45, 7) is -1.01. The molecule has 7 heteroatoms. The molecule has 1 aromatic carbocycles. The van der Waals surface area contributed by atoms with Crippen LogP contribution in [0.5, 0.6) is 0 Å². The Hall–Kier alpha value is -2.02. The largest absolute Gasteiger partial charge is 0.401 e. The Morgan fingerprint density at radius 3 is 2.95 bits per heavy atom. The van der Waals surface area contributed by atoms with E-state index >= 15 is 0 Å². The van der Waals surface area contributed by atoms with Gasteiger partial charge in [0, 0.05) is 23.1 Å². The molecule has 1 unspecified atom stereocenters. The predicted octanol–water partition coefficient (Wildman–Crippen LogP) is 1.91. The molecule has 1 aromatic heterocycles. The second-order valence-corrected chi connectivity index (χ2v) is 5.13. The Morgan fingerprint density at radius 1 is 1.52 bits per heavy atom. The monoisotopic (exact) mass is 296 g/mol. The number of halogens is 3. The van der Waals surface area contributed by atoms with E-state index in [9.17, 15) is 18.0 Å². The first kappa shape index (κ1) is 13.9. The number of alkyl halides is 3. The number of aromatic amines is 1. The Bertz CT molecular complexity index is 692. The Balaban J connectivity index is 2.07. The summed E-state index contributed by atoms with van der Waals surface area (Å²) in [5.74, 6) is -0.782. The van der Waals surface area contributed by atoms with E-state index in [-0.39, 0.29) is 6.54 Å². The van der Waals surface area contributed by atoms with Gasteiger partial charge in [-0.05, 0) is 30.2 Å². The molecule has 0 aliphatic carbocycles. The summed E-state index contributed by atoms with van der Waals surface area (Å²) < 4.78 is 37.9. The Kier molecular flexibility index (Phi) is 3.16. The van der Waals surface area contributed by atoms with E-state index in [1.54, 1.807) is 18.2 Å². The van der Waals surface area contributed by atoms with Crippen LogP contribution in [0.25, 0.3) is 10.9 Å². The molecule has 0 spiro atoms. The highest BCUT2D eigenvalue weighted by molar-refractivity contribution is 5.89. The quantitative estimate of drug-likeness (QED) is 0.889. The van der Waals surface area contributed by atoms with E-state index in [0.29, 0.717) is 12.1 Å². The van der Waals surface area contributed by atoms with Gasteiger partial charge in [0.05, 0.1) is 6.54 Å². The molecule has 0 fully saturated rings. The molecule has 0 bridgehead atoms. The number of carbonyl (C=O) groups is 1. The minimum absolute atomic E-state index is 0.141. The fraction of sp³-hybridized carbons (Fsp3) is 0.357. The first-order valence-electron chi connectivity index (χ1n) is 6.47. The van der Waals surface area contributed by atoms with Crippen LogP contribution in [0.3, 0.4) is 0 Å². The molecule has 1 aliphatic heterocycles. The van der Waals surface area contributed by atoms with Crippen LogP contribution >= 0.6 is 0 Å². The number of aromatic nitrogens is 1. The number of carbonyl (C=O) groups excluding carboxylic acids is 1. The molecular formula is C14H13F3N3O. The summed E-state index contributed by atoms with van der Waals surface area (Å²) in [6.07, 6.45) is -3.93. The molecule has 1 radical (unpaired) electrons. The third-order valence-corrected chi connectivity index (χ3v) is 3.72. The van der Waals surface area contributed by atoms with Crippen LogP contribution in [0.1, 0.15) is 17.3 Å². The number of hydrogen-bond acceptors (Lipinski definition) is 2. The van der Waals surface area contributed by atoms with E-state index < -0.39 is 24.7 Å². The zero-order valence-electron chi connectivity index (χ0n) is 11.0. The van der Waals surface area contributed by atoms with Gasteiger partial charge in [0.15, 0.2) is 0 Å². The maximum Gasteiger partial charge on any atom is 0.401 e. The molecular weight excluding hydrogens is 283 g/mol. The molecule has 3 rings (SSSR count). The average molecular weight is 296 g/mol. The third-order valence-electron chi connectivity index (χ3n) is 3.72. The lowest BCUT2D eigenvalue weighted by atomic mass is 9.97. The molecule has 0 saturated carbocycles. The van der Waals surface area contributed by atoms with Gasteiger partial charge in [-0.15, -0.1) is 0 Å². The highest BCUT2D eigenvalue weighted by Crippen LogP contribution is 2.35. The molecule has 21 heavy (non-hydrogen) atoms. The third kappa shape index (κ3) is 2.49. The number of nitrogens with zero attached hydrogens (tertiary/aromatic N) is 1. The second kappa shape index (κ2) is 4.77. The topological polar surface area (TPSA) is 62.1 Å². The zero-order chi connectivity index (χ0) is 15.2. The predicted molar refractivity (Wildman–Crippen MR) is 70.4 cm³/mol. The lowest BCUT2D eigenvalue weighted by Gasteiger charge is -2.34. The molecule has 0 saturated heterocycles. The van der Waals surface area contributed by atoms with Crippen molar-refractivity contribution in [3.63, 3.8) is 0 Å². The fourth-order valence-electron chi connectivity index (χ4n) is 2.95. The van der Waals surface area contributed by atoms with E-state index in [4.69, 9.17) is 5.73 Å². The summed E-state index contributed by atoms with van der Waals surface area (Å²) in [5.41, 5.74) is 7.43. The summed E-state index contributed by atoms with van der Waals surface area (Å²) in [4.78, 5) is 15.8. The molecule has 4 nitrogen and oxygen atoms in total. The van der Waals surface area contributed by atoms with E-state index in [2.05, 4.69) is 11.1 Å². The number of H-pyrrole nitrogens is 1. The van der Waals surface area contributed by atoms with Crippen LogP contribution in [-0.2, 0) is 11.2 Å². The van der Waals surface area contributed by atoms with Crippen LogP contribution < -0.4 is 5.73 Å². The minimum atomic E-state index is -4.37. The normalized spacial score (nSPS) is 19.7. The van der Waals surface area contributed by atoms with Crippen molar-refractivity contribution in [3.8, 4) is 0 Å². The van der Waals surface area contributed by atoms with Crippen LogP contribution in [-0.4, -0.2) is 35.1 Å². The number of benzene rings is 1. The van der Waals surface area contributed by atoms with E-state index in [0.717, 1.165) is 21.4 Å². The molecule has 2 aromatic rings. The van der Waals surface area contributed by atoms with Gasteiger partial charge in [-0.2, -0.15) is 13.2 Å². The van der Waals surface area contributed by atoms with Gasteiger partial charge >= 0.3 is 6.18 Å². The molecule has 111 valence electrons. The van der Waals surface area contributed by atoms with Crippen molar-refractivity contribution in [1.29, 1.82) is 0 Å². The lowest BCUT2D eigenvalue weighted by molar-refractivity contribution is -0.155. The van der Waals surface area contributed by atoms with Crippen molar-refractivity contribution in [2.45, 2.75) is 18.6 Å². The van der Waals surface area contributed by atoms with Crippen LogP contribution in [0.2, 0.25) is 0 Å². The van der Waals surface area contributed by atoms with Gasteiger partial charge in [-0.1, -0.05) is 6.07 Å². The van der Waals surface area contributed by atoms with Crippen molar-refractivity contribution < 1.29 is 18.0 Å². The van der Waals surface area contributed by atoms with Crippen LogP contribution in [0.15, 0.2) is 18.2 Å². The Labute approximate surface area is 118 Å². The highest BCUT2D eigenvalue weighted by Gasteiger charge is 2.40. The van der Waals surface area contributed by atoms with Crippen molar-refractivity contribution in [2.75, 3.05) is 13.1 Å². The highest BCUT2D eigenvalue weighted by atomic mass is 19.4. The van der Waals surface area contributed by atoms with Crippen molar-refractivity contribution in [1.82, 2.24) is 9.88 Å². The number of hydrogen-bond donors (Lipinski definition) is 2. The number of fused-ring (bicyclic) bond motifs is 3. The summed E-state index contributed by atoms with van der Waals surface area (Å²) in [7, 11) is 0. The SMILES string of the molecule is NC(=O)C1c2[nH]c3cc[c]cc3c2CCN1CC(F)(F)F. The van der Waals surface area contributed by atoms with Crippen molar-refractivity contribution in [2.24, 2.45) is 5.73 Å². The number of amides is 1. The summed E-state index contributed by atoms with van der Waals surface area (Å²) in [6, 6.07) is 7.10. The van der Waals surface area contributed by atoms with Gasteiger partial charge < -0.3 is 10.7 Å². The maximum atomic E-state index is 12.6. The number of rotatable bonds is 2. The van der Waals surface area contributed by atoms with Gasteiger partial charge in [0.1, 0.15) is 6.04 Å². The van der Waals surface area contributed by atoms with Gasteiger partial charge in [0.25, 0.3) is 0 Å². The minimum Gasteiger partial charge on any atom is -0.368 e. The second-order valence-electron chi connectivity index (χ2n) is 5.13. The van der Waals surface area contributed by atoms with Gasteiger partial charge in [0.2, 0.25) is 5.91 Å². The summed E-state index contributed by atoms with van der Waals surface area (Å²) >= 11 is 0. The van der Waals surface area contributed by atoms with Crippen molar-refractivity contribution in [3.05, 3.63) is 35.5 Å². The smallest absolute Gasteiger partial charge is 0.368 e. The van der Waals surface area contributed by atoms with Crippen LogP contribution in [0.4, 0.5) is 13.2 Å². The number of primary amides is 1. The van der Waals surface area contributed by atoms with Gasteiger partial charge in [-0.3, -0.25) is 9.69 Å². The molecule has 2 heterocycles. The number of nitrogens with two attached hydrogens (primary N) is 1. The molecule has 1 atom stereocenters. The number of nitrogens with one attached hydrogen (secondary N) is 1. The molecule has 3 N–H and O–H groups in total. The van der Waals surface area contributed by atoms with E-state index in [1.165, 1.54) is 0 Å². The average Bonchev–Trinajstić information content (AvgIpc) is 2.74. The lowest BCUT2D eigenvalue weighted by Crippen LogP contribution is -2.46. The van der Waals surface area contributed by atoms with E-state index in [1.807, 2.05) is 0 Å². The van der Waals surface area contributed by atoms with Crippen LogP contribution in [0, 0.1) is 6.07 Å². The fourth-order valence-corrected chi connectivity index (χ4v) is 2.95. The standard InChI is InChI=1S/C14H13F3N3O/c15-14(16,17)7-20-6-5-9-8-3-1-2-4-10(8)19-11(9)12(20)13(18)21/h2-4,12,19H,5-7H2,(H2,18,21). The Morgan fingerprint density at radius 2 is 2.29 bits per heavy atom. The first-order chi connectivity index (χ1) is 9.87. The maximum absolute atomic E-state index is 12.6. The van der Waals surface area contributed by atoms with Crippen molar-refractivity contribution >= 4 is 16.8 Å². The summed E-state index contributed by atoms with van der Waals surface area (Å²) in [5, 5.41) is 0.880. The zero-order valence-corrected chi connectivity index (χ0v) is 11.0. The molecule has 1 amide bonds.